The second-order valence-corrected chi connectivity index (χ2v) is 6.60. The molecule has 0 radical (unpaired) electrons. The Hall–Kier alpha value is -2.83. The van der Waals surface area contributed by atoms with Gasteiger partial charge in [-0.3, -0.25) is 0 Å². The predicted molar refractivity (Wildman–Crippen MR) is 105 cm³/mol. The molecule has 138 valence electrons. The fourth-order valence-corrected chi connectivity index (χ4v) is 2.95. The fourth-order valence-electron chi connectivity index (χ4n) is 2.95. The van der Waals surface area contributed by atoms with Gasteiger partial charge in [0.05, 0.1) is 11.9 Å². The molecule has 0 unspecified atom stereocenters. The smallest absolute Gasteiger partial charge is 0.319 e. The Balaban J connectivity index is 1.41. The number of anilines is 3. The Bertz CT molecular complexity index is 757. The van der Waals surface area contributed by atoms with Gasteiger partial charge in [-0.1, -0.05) is 6.07 Å². The molecule has 1 aromatic carbocycles. The summed E-state index contributed by atoms with van der Waals surface area (Å²) in [7, 11) is 0. The number of nitrogens with one attached hydrogen (secondary N) is 3. The van der Waals surface area contributed by atoms with Crippen LogP contribution in [0.1, 0.15) is 24.0 Å². The van der Waals surface area contributed by atoms with Crippen LogP contribution in [-0.2, 0) is 0 Å². The Morgan fingerprint density at radius 3 is 2.69 bits per heavy atom. The average molecular weight is 354 g/mol. The number of carbonyl (C=O) groups excluding carboxylic acids is 1. The van der Waals surface area contributed by atoms with Gasteiger partial charge in [0.25, 0.3) is 0 Å². The summed E-state index contributed by atoms with van der Waals surface area (Å²) in [4.78, 5) is 14.3. The molecule has 2 aromatic rings. The topological polar surface area (TPSA) is 82.2 Å². The van der Waals surface area contributed by atoms with Crippen molar-refractivity contribution in [3.8, 4) is 0 Å². The van der Waals surface area contributed by atoms with Crippen molar-refractivity contribution in [1.82, 2.24) is 15.5 Å². The van der Waals surface area contributed by atoms with Crippen LogP contribution in [0.4, 0.5) is 22.0 Å². The molecule has 1 aromatic heterocycles. The lowest BCUT2D eigenvalue weighted by atomic mass is 10.1. The van der Waals surface area contributed by atoms with E-state index in [1.165, 1.54) is 18.4 Å². The van der Waals surface area contributed by atoms with Gasteiger partial charge < -0.3 is 20.9 Å². The summed E-state index contributed by atoms with van der Waals surface area (Å²) in [6, 6.07) is 7.66. The molecule has 3 rings (SSSR count). The van der Waals surface area contributed by atoms with Gasteiger partial charge in [0.1, 0.15) is 0 Å². The third-order valence-electron chi connectivity index (χ3n) is 4.59. The number of rotatable bonds is 6. The summed E-state index contributed by atoms with van der Waals surface area (Å²) < 4.78 is 0. The summed E-state index contributed by atoms with van der Waals surface area (Å²) in [5, 5.41) is 17.0. The minimum Gasteiger partial charge on any atom is -0.370 e. The van der Waals surface area contributed by atoms with Crippen molar-refractivity contribution in [2.45, 2.75) is 26.7 Å². The van der Waals surface area contributed by atoms with Crippen molar-refractivity contribution in [3.63, 3.8) is 0 Å². The van der Waals surface area contributed by atoms with Crippen molar-refractivity contribution >= 4 is 23.2 Å². The summed E-state index contributed by atoms with van der Waals surface area (Å²) >= 11 is 0. The molecule has 1 fully saturated rings. The zero-order chi connectivity index (χ0) is 18.4. The van der Waals surface area contributed by atoms with E-state index in [4.69, 9.17) is 0 Å². The molecule has 1 aliphatic heterocycles. The molecule has 26 heavy (non-hydrogen) atoms. The molecule has 7 nitrogen and oxygen atoms in total. The highest BCUT2D eigenvalue weighted by Gasteiger charge is 2.13. The number of amides is 2. The third-order valence-corrected chi connectivity index (χ3v) is 4.59. The lowest BCUT2D eigenvalue weighted by Gasteiger charge is -2.17. The zero-order valence-electron chi connectivity index (χ0n) is 15.4. The van der Waals surface area contributed by atoms with Crippen molar-refractivity contribution in [1.29, 1.82) is 0 Å². The van der Waals surface area contributed by atoms with Gasteiger partial charge in [0.15, 0.2) is 5.82 Å². The van der Waals surface area contributed by atoms with Crippen LogP contribution in [0.15, 0.2) is 30.5 Å². The van der Waals surface area contributed by atoms with E-state index in [9.17, 15) is 4.79 Å². The van der Waals surface area contributed by atoms with Crippen LogP contribution in [0.5, 0.6) is 0 Å². The molecule has 0 saturated carbocycles. The number of benzene rings is 1. The Labute approximate surface area is 154 Å². The van der Waals surface area contributed by atoms with E-state index in [1.54, 1.807) is 6.20 Å². The van der Waals surface area contributed by atoms with Gasteiger partial charge in [-0.15, -0.1) is 5.10 Å². The lowest BCUT2D eigenvalue weighted by molar-refractivity contribution is 0.252. The van der Waals surface area contributed by atoms with E-state index in [0.29, 0.717) is 13.1 Å². The molecular weight excluding hydrogens is 328 g/mol. The van der Waals surface area contributed by atoms with Crippen molar-refractivity contribution in [2.75, 3.05) is 41.7 Å². The number of hydrogen-bond acceptors (Lipinski definition) is 5. The zero-order valence-corrected chi connectivity index (χ0v) is 15.4. The van der Waals surface area contributed by atoms with Crippen molar-refractivity contribution in [3.05, 3.63) is 41.6 Å². The normalized spacial score (nSPS) is 13.5. The first-order valence-corrected chi connectivity index (χ1v) is 9.05. The number of hydrogen-bond donors (Lipinski definition) is 3. The predicted octanol–water partition coefficient (Wildman–Crippen LogP) is 2.93. The maximum absolute atomic E-state index is 12.0. The minimum absolute atomic E-state index is 0.216. The lowest BCUT2D eigenvalue weighted by Crippen LogP contribution is -2.32. The van der Waals surface area contributed by atoms with Crippen LogP contribution in [0.25, 0.3) is 0 Å². The Kier molecular flexibility index (Phi) is 5.88. The number of urea groups is 1. The van der Waals surface area contributed by atoms with Crippen LogP contribution >= 0.6 is 0 Å². The molecule has 0 bridgehead atoms. The molecule has 1 saturated heterocycles. The summed E-state index contributed by atoms with van der Waals surface area (Å²) in [5.74, 6) is 0.728. The van der Waals surface area contributed by atoms with Crippen LogP contribution in [-0.4, -0.2) is 42.4 Å². The molecular formula is C19H26N6O. The molecule has 1 aliphatic rings. The largest absolute Gasteiger partial charge is 0.370 e. The molecule has 2 heterocycles. The van der Waals surface area contributed by atoms with Gasteiger partial charge in [0.2, 0.25) is 0 Å². The van der Waals surface area contributed by atoms with E-state index in [1.807, 2.05) is 38.1 Å². The van der Waals surface area contributed by atoms with Crippen molar-refractivity contribution < 1.29 is 4.79 Å². The minimum atomic E-state index is -0.216. The molecule has 7 heteroatoms. The van der Waals surface area contributed by atoms with Gasteiger partial charge in [-0.05, 0) is 49.9 Å². The summed E-state index contributed by atoms with van der Waals surface area (Å²) in [5.41, 5.74) is 4.25. The molecule has 2 amide bonds. The Morgan fingerprint density at radius 1 is 1.12 bits per heavy atom. The van der Waals surface area contributed by atoms with E-state index < -0.39 is 0 Å². The quantitative estimate of drug-likeness (QED) is 0.695. The van der Waals surface area contributed by atoms with Crippen molar-refractivity contribution in [2.24, 2.45) is 0 Å². The average Bonchev–Trinajstić information content (AvgIpc) is 3.17. The number of nitrogens with zero attached hydrogens (tertiary/aromatic N) is 3. The standard InChI is InChI=1S/C19H26N6O/c1-14-5-6-16(11-15(14)2)23-19(26)21-8-7-20-18-12-17(13-22-24-18)25-9-3-4-10-25/h5-6,11-13H,3-4,7-10H2,1-2H3,(H,20,24)(H2,21,23,26). The highest BCUT2D eigenvalue weighted by Crippen LogP contribution is 2.20. The van der Waals surface area contributed by atoms with Crippen LogP contribution < -0.4 is 20.9 Å². The first-order chi connectivity index (χ1) is 12.6. The molecule has 0 aliphatic carbocycles. The summed E-state index contributed by atoms with van der Waals surface area (Å²) in [6.45, 7) is 7.30. The number of aromatic nitrogens is 2. The third kappa shape index (κ3) is 4.84. The highest BCUT2D eigenvalue weighted by molar-refractivity contribution is 5.89. The van der Waals surface area contributed by atoms with E-state index in [-0.39, 0.29) is 6.03 Å². The van der Waals surface area contributed by atoms with E-state index >= 15 is 0 Å². The van der Waals surface area contributed by atoms with Gasteiger partial charge >= 0.3 is 6.03 Å². The van der Waals surface area contributed by atoms with Gasteiger partial charge in [-0.2, -0.15) is 5.10 Å². The first-order valence-electron chi connectivity index (χ1n) is 9.05. The number of carbonyl (C=O) groups is 1. The molecule has 0 atom stereocenters. The van der Waals surface area contributed by atoms with E-state index in [2.05, 4.69) is 31.0 Å². The van der Waals surface area contributed by atoms with Crippen LogP contribution in [0, 0.1) is 13.8 Å². The molecule has 3 N–H and O–H groups in total. The number of aryl methyl sites for hydroxylation is 2. The maximum Gasteiger partial charge on any atom is 0.319 e. The summed E-state index contributed by atoms with van der Waals surface area (Å²) in [6.07, 6.45) is 4.25. The SMILES string of the molecule is Cc1ccc(NC(=O)NCCNc2cc(N3CCCC3)cnn2)cc1C. The second kappa shape index (κ2) is 8.51. The first kappa shape index (κ1) is 18.0. The van der Waals surface area contributed by atoms with Gasteiger partial charge in [0, 0.05) is 37.9 Å². The van der Waals surface area contributed by atoms with Crippen LogP contribution in [0.2, 0.25) is 0 Å². The maximum atomic E-state index is 12.0. The molecule has 0 spiro atoms. The second-order valence-electron chi connectivity index (χ2n) is 6.60. The van der Waals surface area contributed by atoms with E-state index in [0.717, 1.165) is 35.8 Å². The monoisotopic (exact) mass is 354 g/mol. The van der Waals surface area contributed by atoms with Gasteiger partial charge in [-0.25, -0.2) is 4.79 Å². The fraction of sp³-hybridized carbons (Fsp3) is 0.421. The highest BCUT2D eigenvalue weighted by atomic mass is 16.2. The van der Waals surface area contributed by atoms with Crippen LogP contribution in [0.3, 0.4) is 0 Å². The Morgan fingerprint density at radius 2 is 1.92 bits per heavy atom.